The third-order valence-corrected chi connectivity index (χ3v) is 3.30. The van der Waals surface area contributed by atoms with Crippen LogP contribution >= 0.6 is 0 Å². The molecule has 0 spiro atoms. The van der Waals surface area contributed by atoms with Crippen LogP contribution < -0.4 is 0 Å². The number of aromatic nitrogens is 1. The molecule has 1 atom stereocenters. The summed E-state index contributed by atoms with van der Waals surface area (Å²) in [6.45, 7) is 0. The minimum atomic E-state index is -1.20. The number of benzene rings is 1. The fourth-order valence-corrected chi connectivity index (χ4v) is 2.51. The summed E-state index contributed by atoms with van der Waals surface area (Å²) in [5.41, 5.74) is 0.846. The molecule has 2 aromatic rings. The zero-order chi connectivity index (χ0) is 12.2. The van der Waals surface area contributed by atoms with Crippen molar-refractivity contribution in [2.75, 3.05) is 0 Å². The van der Waals surface area contributed by atoms with Gasteiger partial charge < -0.3 is 10.1 Å². The first-order valence-corrected chi connectivity index (χ1v) is 5.45. The lowest BCUT2D eigenvalue weighted by Crippen LogP contribution is -2.08. The number of aromatic amines is 1. The summed E-state index contributed by atoms with van der Waals surface area (Å²) < 4.78 is 40.4. The Bertz CT molecular complexity index is 606. The van der Waals surface area contributed by atoms with E-state index in [0.29, 0.717) is 36.6 Å². The Balaban J connectivity index is 2.42. The van der Waals surface area contributed by atoms with Gasteiger partial charge >= 0.3 is 0 Å². The SMILES string of the molecule is OC1CCCc2c1[nH]c1c(F)cc(F)c(F)c21. The molecular formula is C12H10F3NO. The van der Waals surface area contributed by atoms with Crippen LogP contribution in [0, 0.1) is 17.5 Å². The highest BCUT2D eigenvalue weighted by molar-refractivity contribution is 5.86. The average Bonchev–Trinajstić information content (AvgIpc) is 2.68. The Morgan fingerprint density at radius 2 is 2.00 bits per heavy atom. The van der Waals surface area contributed by atoms with Gasteiger partial charge in [0, 0.05) is 17.1 Å². The number of nitrogens with one attached hydrogen (secondary N) is 1. The minimum Gasteiger partial charge on any atom is -0.387 e. The third-order valence-electron chi connectivity index (χ3n) is 3.30. The number of aryl methyl sites for hydroxylation is 1. The number of H-pyrrole nitrogens is 1. The molecule has 1 heterocycles. The quantitative estimate of drug-likeness (QED) is 0.683. The van der Waals surface area contributed by atoms with E-state index in [0.717, 1.165) is 0 Å². The van der Waals surface area contributed by atoms with Crippen molar-refractivity contribution < 1.29 is 18.3 Å². The maximum atomic E-state index is 13.7. The van der Waals surface area contributed by atoms with Gasteiger partial charge in [0.2, 0.25) is 0 Å². The summed E-state index contributed by atoms with van der Waals surface area (Å²) in [5, 5.41) is 9.68. The Morgan fingerprint density at radius 1 is 1.24 bits per heavy atom. The first-order valence-electron chi connectivity index (χ1n) is 5.45. The first-order chi connectivity index (χ1) is 8.09. The molecule has 0 saturated carbocycles. The number of hydrogen-bond acceptors (Lipinski definition) is 1. The number of halogens is 3. The standard InChI is InChI=1S/C12H10F3NO/c13-6-4-7(14)12-9(10(6)15)5-2-1-3-8(17)11(5)16-12/h4,8,16-17H,1-3H2. The lowest BCUT2D eigenvalue weighted by atomic mass is 9.93. The van der Waals surface area contributed by atoms with Gasteiger partial charge in [0.05, 0.1) is 11.6 Å². The highest BCUT2D eigenvalue weighted by atomic mass is 19.2. The van der Waals surface area contributed by atoms with Gasteiger partial charge in [-0.05, 0) is 24.8 Å². The number of aliphatic hydroxyl groups is 1. The molecule has 17 heavy (non-hydrogen) atoms. The van der Waals surface area contributed by atoms with Crippen LogP contribution in [0.4, 0.5) is 13.2 Å². The van der Waals surface area contributed by atoms with Crippen molar-refractivity contribution in [2.24, 2.45) is 0 Å². The Morgan fingerprint density at radius 3 is 2.76 bits per heavy atom. The van der Waals surface area contributed by atoms with Crippen LogP contribution in [0.3, 0.4) is 0 Å². The summed E-state index contributed by atoms with van der Waals surface area (Å²) in [6.07, 6.45) is 0.990. The monoisotopic (exact) mass is 241 g/mol. The smallest absolute Gasteiger partial charge is 0.168 e. The molecule has 90 valence electrons. The molecule has 1 aliphatic rings. The second-order valence-electron chi connectivity index (χ2n) is 4.33. The fraction of sp³-hybridized carbons (Fsp3) is 0.333. The maximum absolute atomic E-state index is 13.7. The van der Waals surface area contributed by atoms with E-state index in [4.69, 9.17) is 0 Å². The highest BCUT2D eigenvalue weighted by Crippen LogP contribution is 2.37. The van der Waals surface area contributed by atoms with Crippen molar-refractivity contribution in [3.63, 3.8) is 0 Å². The van der Waals surface area contributed by atoms with Crippen molar-refractivity contribution in [3.8, 4) is 0 Å². The second-order valence-corrected chi connectivity index (χ2v) is 4.33. The Hall–Kier alpha value is -1.49. The van der Waals surface area contributed by atoms with Crippen molar-refractivity contribution in [3.05, 3.63) is 34.8 Å². The normalized spacial score (nSPS) is 19.6. The molecule has 0 amide bonds. The molecule has 1 aromatic heterocycles. The van der Waals surface area contributed by atoms with Gasteiger partial charge in [0.1, 0.15) is 5.82 Å². The molecule has 3 rings (SSSR count). The molecule has 0 aliphatic heterocycles. The van der Waals surface area contributed by atoms with Crippen molar-refractivity contribution >= 4 is 10.9 Å². The van der Waals surface area contributed by atoms with Gasteiger partial charge in [-0.15, -0.1) is 0 Å². The molecule has 1 unspecified atom stereocenters. The summed E-state index contributed by atoms with van der Waals surface area (Å²) in [6, 6.07) is 0.520. The van der Waals surface area contributed by atoms with E-state index >= 15 is 0 Å². The molecule has 0 fully saturated rings. The fourth-order valence-electron chi connectivity index (χ4n) is 2.51. The molecule has 5 heteroatoms. The summed E-state index contributed by atoms with van der Waals surface area (Å²) >= 11 is 0. The van der Waals surface area contributed by atoms with Gasteiger partial charge in [0.25, 0.3) is 0 Å². The van der Waals surface area contributed by atoms with Crippen LogP contribution in [-0.2, 0) is 6.42 Å². The van der Waals surface area contributed by atoms with Crippen LogP contribution in [0.5, 0.6) is 0 Å². The van der Waals surface area contributed by atoms with Crippen LogP contribution in [0.2, 0.25) is 0 Å². The van der Waals surface area contributed by atoms with E-state index in [1.54, 1.807) is 0 Å². The first kappa shape index (κ1) is 10.7. The molecule has 1 aliphatic carbocycles. The average molecular weight is 241 g/mol. The topological polar surface area (TPSA) is 36.0 Å². The van der Waals surface area contributed by atoms with E-state index in [1.165, 1.54) is 0 Å². The second kappa shape index (κ2) is 3.50. The summed E-state index contributed by atoms with van der Waals surface area (Å²) in [7, 11) is 0. The van der Waals surface area contributed by atoms with Gasteiger partial charge in [0.15, 0.2) is 11.6 Å². The van der Waals surface area contributed by atoms with Crippen LogP contribution in [-0.4, -0.2) is 10.1 Å². The van der Waals surface area contributed by atoms with E-state index in [2.05, 4.69) is 4.98 Å². The lowest BCUT2D eigenvalue weighted by molar-refractivity contribution is 0.153. The van der Waals surface area contributed by atoms with E-state index in [9.17, 15) is 18.3 Å². The van der Waals surface area contributed by atoms with Crippen LogP contribution in [0.1, 0.15) is 30.2 Å². The highest BCUT2D eigenvalue weighted by Gasteiger charge is 2.26. The zero-order valence-electron chi connectivity index (χ0n) is 8.86. The number of rotatable bonds is 0. The Labute approximate surface area is 95.1 Å². The zero-order valence-corrected chi connectivity index (χ0v) is 8.86. The molecule has 2 nitrogen and oxygen atoms in total. The minimum absolute atomic E-state index is 0.0590. The van der Waals surface area contributed by atoms with Crippen molar-refractivity contribution in [1.29, 1.82) is 0 Å². The van der Waals surface area contributed by atoms with Gasteiger partial charge in [-0.1, -0.05) is 0 Å². The number of fused-ring (bicyclic) bond motifs is 3. The van der Waals surface area contributed by atoms with Gasteiger partial charge in [-0.25, -0.2) is 13.2 Å². The van der Waals surface area contributed by atoms with E-state index in [-0.39, 0.29) is 10.9 Å². The predicted molar refractivity (Wildman–Crippen MR) is 56.1 cm³/mol. The molecule has 2 N–H and O–H groups in total. The molecule has 0 saturated heterocycles. The molecule has 0 radical (unpaired) electrons. The number of hydrogen-bond donors (Lipinski definition) is 2. The Kier molecular flexibility index (Phi) is 2.19. The van der Waals surface area contributed by atoms with Crippen molar-refractivity contribution in [2.45, 2.75) is 25.4 Å². The summed E-state index contributed by atoms with van der Waals surface area (Å²) in [5.74, 6) is -3.08. The van der Waals surface area contributed by atoms with Gasteiger partial charge in [-0.2, -0.15) is 0 Å². The predicted octanol–water partition coefficient (Wildman–Crippen LogP) is 2.95. The third kappa shape index (κ3) is 1.38. The lowest BCUT2D eigenvalue weighted by Gasteiger charge is -2.17. The van der Waals surface area contributed by atoms with E-state index < -0.39 is 23.6 Å². The molecule has 0 bridgehead atoms. The molecule has 1 aromatic carbocycles. The van der Waals surface area contributed by atoms with Crippen molar-refractivity contribution in [1.82, 2.24) is 4.98 Å². The maximum Gasteiger partial charge on any atom is 0.168 e. The summed E-state index contributed by atoms with van der Waals surface area (Å²) in [4.78, 5) is 2.67. The van der Waals surface area contributed by atoms with Crippen LogP contribution in [0.15, 0.2) is 6.07 Å². The largest absolute Gasteiger partial charge is 0.387 e. The van der Waals surface area contributed by atoms with Crippen LogP contribution in [0.25, 0.3) is 10.9 Å². The molecular weight excluding hydrogens is 231 g/mol. The van der Waals surface area contributed by atoms with Gasteiger partial charge in [-0.3, -0.25) is 0 Å². The number of aliphatic hydroxyl groups excluding tert-OH is 1. The van der Waals surface area contributed by atoms with E-state index in [1.807, 2.05) is 0 Å².